The summed E-state index contributed by atoms with van der Waals surface area (Å²) in [7, 11) is -3.22. The van der Waals surface area contributed by atoms with Crippen LogP contribution in [0.25, 0.3) is 0 Å². The minimum atomic E-state index is -3.22. The molecular weight excluding hydrogens is 310 g/mol. The van der Waals surface area contributed by atoms with Gasteiger partial charge in [-0.05, 0) is 28.1 Å². The Balaban J connectivity index is 2.38. The maximum absolute atomic E-state index is 11.5. The second kappa shape index (κ2) is 6.08. The highest BCUT2D eigenvalue weighted by Gasteiger charge is 2.06. The number of pyridine rings is 1. The molecule has 0 aliphatic carbocycles. The van der Waals surface area contributed by atoms with Crippen LogP contribution in [0.2, 0.25) is 0 Å². The lowest BCUT2D eigenvalue weighted by Crippen LogP contribution is -2.34. The molecule has 6 nitrogen and oxygen atoms in total. The van der Waals surface area contributed by atoms with Gasteiger partial charge in [0.2, 0.25) is 10.0 Å². The van der Waals surface area contributed by atoms with Crippen LogP contribution in [0.5, 0.6) is 0 Å². The molecular formula is C9H12BrN3O3S. The number of hydrogen-bond donors (Lipinski definition) is 2. The highest BCUT2D eigenvalue weighted by Crippen LogP contribution is 2.06. The van der Waals surface area contributed by atoms with E-state index >= 15 is 0 Å². The minimum absolute atomic E-state index is 0.154. The van der Waals surface area contributed by atoms with Gasteiger partial charge in [-0.3, -0.25) is 4.79 Å². The van der Waals surface area contributed by atoms with Gasteiger partial charge in [0.05, 0.1) is 6.26 Å². The largest absolute Gasteiger partial charge is 0.349 e. The van der Waals surface area contributed by atoms with Crippen molar-refractivity contribution in [1.29, 1.82) is 0 Å². The van der Waals surface area contributed by atoms with Gasteiger partial charge in [0.25, 0.3) is 5.91 Å². The third kappa shape index (κ3) is 5.76. The van der Waals surface area contributed by atoms with Crippen molar-refractivity contribution in [3.05, 3.63) is 28.5 Å². The van der Waals surface area contributed by atoms with Gasteiger partial charge in [0, 0.05) is 23.8 Å². The Labute approximate surface area is 108 Å². The molecule has 1 amide bonds. The van der Waals surface area contributed by atoms with Crippen molar-refractivity contribution in [3.63, 3.8) is 0 Å². The second-order valence-electron chi connectivity index (χ2n) is 3.28. The van der Waals surface area contributed by atoms with Gasteiger partial charge in [-0.2, -0.15) is 0 Å². The first-order valence-electron chi connectivity index (χ1n) is 4.73. The van der Waals surface area contributed by atoms with Crippen LogP contribution in [-0.4, -0.2) is 38.7 Å². The third-order valence-electron chi connectivity index (χ3n) is 1.73. The Morgan fingerprint density at radius 2 is 2.12 bits per heavy atom. The molecule has 0 aliphatic rings. The first kappa shape index (κ1) is 14.1. The Hall–Kier alpha value is -0.990. The molecule has 0 unspecified atom stereocenters. The van der Waals surface area contributed by atoms with Crippen molar-refractivity contribution in [2.45, 2.75) is 0 Å². The highest BCUT2D eigenvalue weighted by molar-refractivity contribution is 9.10. The molecule has 0 radical (unpaired) electrons. The zero-order chi connectivity index (χ0) is 12.9. The average molecular weight is 322 g/mol. The van der Waals surface area contributed by atoms with Crippen molar-refractivity contribution in [2.75, 3.05) is 19.3 Å². The molecule has 0 spiro atoms. The summed E-state index contributed by atoms with van der Waals surface area (Å²) >= 11 is 3.21. The predicted molar refractivity (Wildman–Crippen MR) is 67.1 cm³/mol. The fourth-order valence-electron chi connectivity index (χ4n) is 1.01. The molecule has 1 aromatic heterocycles. The standard InChI is InChI=1S/C9H12BrN3O3S/c1-17(15,16)13-5-4-11-9(14)8-3-2-7(10)6-12-8/h2-3,6,13H,4-5H2,1H3,(H,11,14). The summed E-state index contributed by atoms with van der Waals surface area (Å²) in [5, 5.41) is 2.55. The second-order valence-corrected chi connectivity index (χ2v) is 6.03. The number of amides is 1. The van der Waals surface area contributed by atoms with Gasteiger partial charge in [-0.25, -0.2) is 18.1 Å². The van der Waals surface area contributed by atoms with E-state index in [4.69, 9.17) is 0 Å². The molecule has 2 N–H and O–H groups in total. The van der Waals surface area contributed by atoms with Crippen molar-refractivity contribution < 1.29 is 13.2 Å². The van der Waals surface area contributed by atoms with Gasteiger partial charge in [-0.1, -0.05) is 0 Å². The van der Waals surface area contributed by atoms with E-state index in [-0.39, 0.29) is 24.7 Å². The lowest BCUT2D eigenvalue weighted by atomic mass is 10.3. The van der Waals surface area contributed by atoms with Crippen molar-refractivity contribution >= 4 is 31.9 Å². The first-order chi connectivity index (χ1) is 7.88. The van der Waals surface area contributed by atoms with Crippen LogP contribution in [0, 0.1) is 0 Å². The van der Waals surface area contributed by atoms with E-state index in [9.17, 15) is 13.2 Å². The summed E-state index contributed by atoms with van der Waals surface area (Å²) in [4.78, 5) is 15.4. The van der Waals surface area contributed by atoms with Gasteiger partial charge in [0.1, 0.15) is 5.69 Å². The molecule has 1 rings (SSSR count). The van der Waals surface area contributed by atoms with E-state index in [1.165, 1.54) is 6.20 Å². The normalized spacial score (nSPS) is 11.2. The highest BCUT2D eigenvalue weighted by atomic mass is 79.9. The molecule has 0 saturated carbocycles. The van der Waals surface area contributed by atoms with Gasteiger partial charge in [0.15, 0.2) is 0 Å². The fourth-order valence-corrected chi connectivity index (χ4v) is 1.72. The Morgan fingerprint density at radius 1 is 1.41 bits per heavy atom. The summed E-state index contributed by atoms with van der Waals surface area (Å²) in [6, 6.07) is 3.28. The van der Waals surface area contributed by atoms with Gasteiger partial charge >= 0.3 is 0 Å². The van der Waals surface area contributed by atoms with E-state index in [2.05, 4.69) is 31.0 Å². The number of nitrogens with one attached hydrogen (secondary N) is 2. The van der Waals surface area contributed by atoms with E-state index < -0.39 is 10.0 Å². The monoisotopic (exact) mass is 321 g/mol. The number of rotatable bonds is 5. The third-order valence-corrected chi connectivity index (χ3v) is 2.93. The molecule has 1 heterocycles. The quantitative estimate of drug-likeness (QED) is 0.754. The number of carbonyl (C=O) groups is 1. The predicted octanol–water partition coefficient (Wildman–Crippen LogP) is 0.123. The molecule has 1 aromatic rings. The Kier molecular flexibility index (Phi) is 5.03. The van der Waals surface area contributed by atoms with Crippen LogP contribution in [0.3, 0.4) is 0 Å². The SMILES string of the molecule is CS(=O)(=O)NCCNC(=O)c1ccc(Br)cn1. The summed E-state index contributed by atoms with van der Waals surface area (Å²) in [6.07, 6.45) is 2.58. The Bertz CT molecular complexity index is 487. The molecule has 0 fully saturated rings. The summed E-state index contributed by atoms with van der Waals surface area (Å²) in [5.41, 5.74) is 0.285. The van der Waals surface area contributed by atoms with Gasteiger partial charge < -0.3 is 5.32 Å². The maximum atomic E-state index is 11.5. The van der Waals surface area contributed by atoms with Crippen LogP contribution in [-0.2, 0) is 10.0 Å². The van der Waals surface area contributed by atoms with Crippen LogP contribution in [0.4, 0.5) is 0 Å². The molecule has 0 bridgehead atoms. The lowest BCUT2D eigenvalue weighted by molar-refractivity contribution is 0.0949. The Morgan fingerprint density at radius 3 is 2.65 bits per heavy atom. The summed E-state index contributed by atoms with van der Waals surface area (Å²) in [5.74, 6) is -0.340. The molecule has 0 saturated heterocycles. The number of halogens is 1. The van der Waals surface area contributed by atoms with E-state index in [1.54, 1.807) is 12.1 Å². The zero-order valence-electron chi connectivity index (χ0n) is 9.10. The van der Waals surface area contributed by atoms with Crippen LogP contribution in [0.15, 0.2) is 22.8 Å². The zero-order valence-corrected chi connectivity index (χ0v) is 11.5. The van der Waals surface area contributed by atoms with E-state index in [0.717, 1.165) is 10.7 Å². The topological polar surface area (TPSA) is 88.2 Å². The smallest absolute Gasteiger partial charge is 0.269 e. The molecule has 0 aromatic carbocycles. The first-order valence-corrected chi connectivity index (χ1v) is 7.41. The molecule has 0 aliphatic heterocycles. The van der Waals surface area contributed by atoms with Crippen LogP contribution >= 0.6 is 15.9 Å². The lowest BCUT2D eigenvalue weighted by Gasteiger charge is -2.05. The summed E-state index contributed by atoms with van der Waals surface area (Å²) < 4.78 is 24.5. The number of nitrogens with zero attached hydrogens (tertiary/aromatic N) is 1. The van der Waals surface area contributed by atoms with Crippen molar-refractivity contribution in [3.8, 4) is 0 Å². The fraction of sp³-hybridized carbons (Fsp3) is 0.333. The number of sulfonamides is 1. The van der Waals surface area contributed by atoms with Crippen LogP contribution in [0.1, 0.15) is 10.5 Å². The molecule has 17 heavy (non-hydrogen) atoms. The van der Waals surface area contributed by atoms with Crippen molar-refractivity contribution in [2.24, 2.45) is 0 Å². The number of hydrogen-bond acceptors (Lipinski definition) is 4. The average Bonchev–Trinajstić information content (AvgIpc) is 2.24. The van der Waals surface area contributed by atoms with Gasteiger partial charge in [-0.15, -0.1) is 0 Å². The number of carbonyl (C=O) groups excluding carboxylic acids is 1. The minimum Gasteiger partial charge on any atom is -0.349 e. The van der Waals surface area contributed by atoms with E-state index in [0.29, 0.717) is 0 Å². The molecule has 94 valence electrons. The summed E-state index contributed by atoms with van der Waals surface area (Å²) in [6.45, 7) is 0.366. The van der Waals surface area contributed by atoms with Crippen LogP contribution < -0.4 is 10.0 Å². The maximum Gasteiger partial charge on any atom is 0.269 e. The molecule has 0 atom stereocenters. The van der Waals surface area contributed by atoms with E-state index in [1.807, 2.05) is 0 Å². The molecule has 8 heteroatoms. The van der Waals surface area contributed by atoms with Crippen molar-refractivity contribution in [1.82, 2.24) is 15.0 Å². The number of aromatic nitrogens is 1.